The van der Waals surface area contributed by atoms with Gasteiger partial charge in [-0.15, -0.1) is 0 Å². The van der Waals surface area contributed by atoms with Gasteiger partial charge in [0.2, 0.25) is 5.91 Å². The largest absolute Gasteiger partial charge is 0.387 e. The van der Waals surface area contributed by atoms with Gasteiger partial charge in [0.05, 0.1) is 0 Å². The summed E-state index contributed by atoms with van der Waals surface area (Å²) in [6.07, 6.45) is 4.97. The SMILES string of the molecule is CC1CC(CCCNC(=O)CO)C1. The molecule has 3 nitrogen and oxygen atoms in total. The van der Waals surface area contributed by atoms with Gasteiger partial charge in [0.15, 0.2) is 0 Å². The fourth-order valence-corrected chi connectivity index (χ4v) is 1.98. The quantitative estimate of drug-likeness (QED) is 0.626. The van der Waals surface area contributed by atoms with Crippen LogP contribution in [0.5, 0.6) is 0 Å². The number of rotatable bonds is 5. The van der Waals surface area contributed by atoms with E-state index in [1.165, 1.54) is 19.3 Å². The molecule has 0 atom stereocenters. The summed E-state index contributed by atoms with van der Waals surface area (Å²) in [5.41, 5.74) is 0. The molecule has 76 valence electrons. The number of aliphatic hydroxyl groups excluding tert-OH is 1. The van der Waals surface area contributed by atoms with E-state index in [1.54, 1.807) is 0 Å². The molecule has 1 aliphatic carbocycles. The van der Waals surface area contributed by atoms with Crippen LogP contribution in [0.3, 0.4) is 0 Å². The van der Waals surface area contributed by atoms with Gasteiger partial charge in [-0.05, 0) is 37.5 Å². The predicted molar refractivity (Wildman–Crippen MR) is 51.2 cm³/mol. The number of carbonyl (C=O) groups excluding carboxylic acids is 1. The topological polar surface area (TPSA) is 49.3 Å². The van der Waals surface area contributed by atoms with Crippen LogP contribution in [0.1, 0.15) is 32.6 Å². The number of aliphatic hydroxyl groups is 1. The molecule has 0 unspecified atom stereocenters. The van der Waals surface area contributed by atoms with Crippen molar-refractivity contribution < 1.29 is 9.90 Å². The second-order valence-corrected chi connectivity index (χ2v) is 4.09. The number of hydrogen-bond acceptors (Lipinski definition) is 2. The van der Waals surface area contributed by atoms with Gasteiger partial charge in [0.1, 0.15) is 6.61 Å². The molecule has 2 N–H and O–H groups in total. The smallest absolute Gasteiger partial charge is 0.245 e. The molecule has 0 heterocycles. The predicted octanol–water partition coefficient (Wildman–Crippen LogP) is 0.921. The summed E-state index contributed by atoms with van der Waals surface area (Å²) in [5, 5.41) is 11.1. The van der Waals surface area contributed by atoms with Gasteiger partial charge in [0, 0.05) is 6.54 Å². The maximum atomic E-state index is 10.6. The molecule has 1 saturated carbocycles. The lowest BCUT2D eigenvalue weighted by molar-refractivity contribution is -0.123. The number of carbonyl (C=O) groups is 1. The summed E-state index contributed by atoms with van der Waals surface area (Å²) in [4.78, 5) is 10.6. The van der Waals surface area contributed by atoms with E-state index in [-0.39, 0.29) is 12.5 Å². The Morgan fingerprint density at radius 2 is 2.23 bits per heavy atom. The molecule has 1 aliphatic rings. The third kappa shape index (κ3) is 3.77. The van der Waals surface area contributed by atoms with E-state index in [4.69, 9.17) is 5.11 Å². The van der Waals surface area contributed by atoms with Gasteiger partial charge in [-0.1, -0.05) is 6.92 Å². The van der Waals surface area contributed by atoms with Crippen LogP contribution < -0.4 is 5.32 Å². The summed E-state index contributed by atoms with van der Waals surface area (Å²) in [7, 11) is 0. The third-order valence-corrected chi connectivity index (χ3v) is 2.73. The van der Waals surface area contributed by atoms with E-state index in [1.807, 2.05) is 0 Å². The first-order valence-corrected chi connectivity index (χ1v) is 5.10. The Kier molecular flexibility index (Phi) is 4.22. The van der Waals surface area contributed by atoms with Crippen LogP contribution in [0.4, 0.5) is 0 Å². The summed E-state index contributed by atoms with van der Waals surface area (Å²) in [6, 6.07) is 0. The maximum Gasteiger partial charge on any atom is 0.245 e. The van der Waals surface area contributed by atoms with E-state index >= 15 is 0 Å². The fraction of sp³-hybridized carbons (Fsp3) is 0.900. The molecule has 1 fully saturated rings. The Balaban J connectivity index is 1.87. The molecule has 13 heavy (non-hydrogen) atoms. The van der Waals surface area contributed by atoms with Crippen LogP contribution in [0, 0.1) is 11.8 Å². The highest BCUT2D eigenvalue weighted by atomic mass is 16.3. The highest BCUT2D eigenvalue weighted by Gasteiger charge is 2.24. The van der Waals surface area contributed by atoms with Crippen molar-refractivity contribution in [2.24, 2.45) is 11.8 Å². The van der Waals surface area contributed by atoms with Crippen molar-refractivity contribution in [2.45, 2.75) is 32.6 Å². The van der Waals surface area contributed by atoms with Crippen LogP contribution in [-0.4, -0.2) is 24.2 Å². The number of amides is 1. The highest BCUT2D eigenvalue weighted by molar-refractivity contribution is 5.76. The standard InChI is InChI=1S/C10H19NO2/c1-8-5-9(6-8)3-2-4-11-10(13)7-12/h8-9,12H,2-7H2,1H3,(H,11,13). The molecule has 3 heteroatoms. The molecule has 1 amide bonds. The molecule has 1 rings (SSSR count). The van der Waals surface area contributed by atoms with E-state index in [2.05, 4.69) is 12.2 Å². The third-order valence-electron chi connectivity index (χ3n) is 2.73. The molecule has 0 radical (unpaired) electrons. The minimum absolute atomic E-state index is 0.262. The number of hydrogen-bond donors (Lipinski definition) is 2. The average molecular weight is 185 g/mol. The summed E-state index contributed by atoms with van der Waals surface area (Å²) in [6.45, 7) is 2.61. The molecule has 0 aromatic heterocycles. The lowest BCUT2D eigenvalue weighted by atomic mass is 9.74. The lowest BCUT2D eigenvalue weighted by Gasteiger charge is -2.32. The summed E-state index contributed by atoms with van der Waals surface area (Å²) < 4.78 is 0. The lowest BCUT2D eigenvalue weighted by Crippen LogP contribution is -2.28. The van der Waals surface area contributed by atoms with Gasteiger partial charge >= 0.3 is 0 Å². The van der Waals surface area contributed by atoms with Crippen molar-refractivity contribution in [3.05, 3.63) is 0 Å². The molecular weight excluding hydrogens is 166 g/mol. The van der Waals surface area contributed by atoms with Gasteiger partial charge in [0.25, 0.3) is 0 Å². The van der Waals surface area contributed by atoms with Crippen molar-refractivity contribution in [3.63, 3.8) is 0 Å². The van der Waals surface area contributed by atoms with Gasteiger partial charge in [-0.3, -0.25) is 4.79 Å². The Morgan fingerprint density at radius 1 is 1.54 bits per heavy atom. The van der Waals surface area contributed by atoms with Gasteiger partial charge in [-0.2, -0.15) is 0 Å². The van der Waals surface area contributed by atoms with E-state index in [0.717, 1.165) is 18.3 Å². The van der Waals surface area contributed by atoms with Crippen molar-refractivity contribution >= 4 is 5.91 Å². The molecule has 0 bridgehead atoms. The fourth-order valence-electron chi connectivity index (χ4n) is 1.98. The molecule has 0 spiro atoms. The van der Waals surface area contributed by atoms with E-state index < -0.39 is 0 Å². The van der Waals surface area contributed by atoms with E-state index in [0.29, 0.717) is 6.54 Å². The Hall–Kier alpha value is -0.570. The maximum absolute atomic E-state index is 10.6. The zero-order chi connectivity index (χ0) is 9.68. The van der Waals surface area contributed by atoms with Crippen LogP contribution in [0.15, 0.2) is 0 Å². The van der Waals surface area contributed by atoms with Gasteiger partial charge in [-0.25, -0.2) is 0 Å². The molecular formula is C10H19NO2. The summed E-state index contributed by atoms with van der Waals surface area (Å²) in [5.74, 6) is 1.54. The zero-order valence-corrected chi connectivity index (χ0v) is 8.25. The molecule has 0 aliphatic heterocycles. The van der Waals surface area contributed by atoms with Crippen molar-refractivity contribution in [2.75, 3.05) is 13.2 Å². The van der Waals surface area contributed by atoms with Crippen molar-refractivity contribution in [3.8, 4) is 0 Å². The normalized spacial score (nSPS) is 26.6. The molecule has 0 saturated heterocycles. The van der Waals surface area contributed by atoms with Crippen LogP contribution in [0.2, 0.25) is 0 Å². The van der Waals surface area contributed by atoms with Gasteiger partial charge < -0.3 is 10.4 Å². The first kappa shape index (κ1) is 10.5. The minimum Gasteiger partial charge on any atom is -0.387 e. The molecule has 0 aromatic rings. The minimum atomic E-state index is -0.388. The first-order valence-electron chi connectivity index (χ1n) is 5.10. The Bertz CT molecular complexity index is 164. The summed E-state index contributed by atoms with van der Waals surface area (Å²) >= 11 is 0. The van der Waals surface area contributed by atoms with Crippen molar-refractivity contribution in [1.29, 1.82) is 0 Å². The monoisotopic (exact) mass is 185 g/mol. The van der Waals surface area contributed by atoms with Crippen LogP contribution in [-0.2, 0) is 4.79 Å². The first-order chi connectivity index (χ1) is 6.22. The number of nitrogens with one attached hydrogen (secondary N) is 1. The zero-order valence-electron chi connectivity index (χ0n) is 8.25. The Labute approximate surface area is 79.5 Å². The second kappa shape index (κ2) is 5.22. The Morgan fingerprint density at radius 3 is 2.77 bits per heavy atom. The van der Waals surface area contributed by atoms with Crippen molar-refractivity contribution in [1.82, 2.24) is 5.32 Å². The molecule has 0 aromatic carbocycles. The highest BCUT2D eigenvalue weighted by Crippen LogP contribution is 2.35. The van der Waals surface area contributed by atoms with Crippen LogP contribution in [0.25, 0.3) is 0 Å². The van der Waals surface area contributed by atoms with Crippen LogP contribution >= 0.6 is 0 Å². The average Bonchev–Trinajstić information content (AvgIpc) is 2.08. The van der Waals surface area contributed by atoms with E-state index in [9.17, 15) is 4.79 Å². The second-order valence-electron chi connectivity index (χ2n) is 4.09.